The third-order valence-corrected chi connectivity index (χ3v) is 3.07. The van der Waals surface area contributed by atoms with Gasteiger partial charge in [0.2, 0.25) is 0 Å². The third-order valence-electron chi connectivity index (χ3n) is 2.24. The van der Waals surface area contributed by atoms with Crippen LogP contribution in [-0.4, -0.2) is 27.1 Å². The predicted molar refractivity (Wildman–Crippen MR) is 70.8 cm³/mol. The summed E-state index contributed by atoms with van der Waals surface area (Å²) in [6.45, 7) is 0.428. The zero-order valence-electron chi connectivity index (χ0n) is 9.61. The number of nitrogens with zero attached hydrogens (tertiary/aromatic N) is 2. The minimum atomic E-state index is -0.307. The molecule has 7 heteroatoms. The Morgan fingerprint density at radius 3 is 3.11 bits per heavy atom. The van der Waals surface area contributed by atoms with Gasteiger partial charge in [-0.15, -0.1) is 0 Å². The molecule has 2 rings (SSSR count). The summed E-state index contributed by atoms with van der Waals surface area (Å²) in [6.07, 6.45) is 6.89. The topological polar surface area (TPSA) is 70.7 Å². The van der Waals surface area contributed by atoms with E-state index in [9.17, 15) is 4.79 Å². The maximum Gasteiger partial charge on any atom is 0.271 e. The van der Waals surface area contributed by atoms with Crippen molar-refractivity contribution in [3.63, 3.8) is 0 Å². The van der Waals surface area contributed by atoms with Crippen LogP contribution >= 0.6 is 23.4 Å². The van der Waals surface area contributed by atoms with Crippen molar-refractivity contribution in [1.82, 2.24) is 20.3 Å². The molecule has 2 heterocycles. The predicted octanol–water partition coefficient (Wildman–Crippen LogP) is 2.11. The summed E-state index contributed by atoms with van der Waals surface area (Å²) >= 11 is 7.27. The number of nitrogens with one attached hydrogen (secondary N) is 2. The van der Waals surface area contributed by atoms with Crippen molar-refractivity contribution in [2.24, 2.45) is 0 Å². The number of thioether (sulfide) groups is 1. The van der Waals surface area contributed by atoms with E-state index < -0.39 is 0 Å². The summed E-state index contributed by atoms with van der Waals surface area (Å²) in [5.41, 5.74) is 1.19. The van der Waals surface area contributed by atoms with E-state index in [1.54, 1.807) is 6.20 Å². The molecule has 0 atom stereocenters. The van der Waals surface area contributed by atoms with Crippen LogP contribution in [0.3, 0.4) is 0 Å². The van der Waals surface area contributed by atoms with Crippen LogP contribution in [0.4, 0.5) is 0 Å². The van der Waals surface area contributed by atoms with Crippen molar-refractivity contribution < 1.29 is 4.79 Å². The highest BCUT2D eigenvalue weighted by Gasteiger charge is 2.13. The highest BCUT2D eigenvalue weighted by Crippen LogP contribution is 2.16. The lowest BCUT2D eigenvalue weighted by Crippen LogP contribution is -2.24. The second kappa shape index (κ2) is 5.88. The van der Waals surface area contributed by atoms with Crippen molar-refractivity contribution in [3.05, 3.63) is 40.9 Å². The molecule has 2 aromatic heterocycles. The quantitative estimate of drug-likeness (QED) is 0.666. The van der Waals surface area contributed by atoms with E-state index in [-0.39, 0.29) is 16.6 Å². The maximum absolute atomic E-state index is 11.9. The van der Waals surface area contributed by atoms with Gasteiger partial charge in [0.25, 0.3) is 5.91 Å². The molecule has 1 amide bonds. The standard InChI is InChI=1S/C11H11ClN4OS/c1-18-11-15-6-8(12)9(16-11)10(17)14-5-7-2-3-13-4-7/h2-4,6,13H,5H2,1H3,(H,14,17). The molecule has 0 spiro atoms. The number of halogens is 1. The number of hydrogen-bond acceptors (Lipinski definition) is 4. The Balaban J connectivity index is 2.08. The molecule has 0 fully saturated rings. The summed E-state index contributed by atoms with van der Waals surface area (Å²) in [5, 5.41) is 3.52. The van der Waals surface area contributed by atoms with Gasteiger partial charge in [-0.05, 0) is 17.9 Å². The van der Waals surface area contributed by atoms with Crippen LogP contribution in [-0.2, 0) is 6.54 Å². The summed E-state index contributed by atoms with van der Waals surface area (Å²) in [4.78, 5) is 22.9. The number of H-pyrrole nitrogens is 1. The van der Waals surface area contributed by atoms with Crippen LogP contribution in [0.25, 0.3) is 0 Å². The zero-order valence-corrected chi connectivity index (χ0v) is 11.2. The monoisotopic (exact) mass is 282 g/mol. The lowest BCUT2D eigenvalue weighted by Gasteiger charge is -2.05. The minimum Gasteiger partial charge on any atom is -0.367 e. The number of aromatic nitrogens is 3. The summed E-state index contributed by atoms with van der Waals surface area (Å²) in [5.74, 6) is -0.307. The van der Waals surface area contributed by atoms with E-state index in [4.69, 9.17) is 11.6 Å². The van der Waals surface area contributed by atoms with Gasteiger partial charge in [-0.1, -0.05) is 23.4 Å². The Morgan fingerprint density at radius 1 is 1.61 bits per heavy atom. The zero-order chi connectivity index (χ0) is 13.0. The van der Waals surface area contributed by atoms with E-state index in [2.05, 4.69) is 20.3 Å². The average Bonchev–Trinajstić information content (AvgIpc) is 2.89. The molecule has 0 aliphatic rings. The summed E-state index contributed by atoms with van der Waals surface area (Å²) < 4.78 is 0. The lowest BCUT2D eigenvalue weighted by molar-refractivity contribution is 0.0945. The molecular weight excluding hydrogens is 272 g/mol. The summed E-state index contributed by atoms with van der Waals surface area (Å²) in [6, 6.07) is 1.88. The van der Waals surface area contributed by atoms with E-state index >= 15 is 0 Å². The second-order valence-electron chi connectivity index (χ2n) is 3.46. The molecule has 0 saturated heterocycles. The Labute approximate surface area is 113 Å². The number of rotatable bonds is 4. The van der Waals surface area contributed by atoms with E-state index in [0.29, 0.717) is 11.7 Å². The molecule has 0 aliphatic heterocycles. The van der Waals surface area contributed by atoms with Gasteiger partial charge in [0.1, 0.15) is 0 Å². The van der Waals surface area contributed by atoms with Crippen LogP contribution in [0, 0.1) is 0 Å². The first kappa shape index (κ1) is 12.9. The Bertz CT molecular complexity index is 544. The molecule has 94 valence electrons. The fourth-order valence-electron chi connectivity index (χ4n) is 1.34. The summed E-state index contributed by atoms with van der Waals surface area (Å²) in [7, 11) is 0. The first-order valence-electron chi connectivity index (χ1n) is 5.17. The largest absolute Gasteiger partial charge is 0.367 e. The molecule has 2 N–H and O–H groups in total. The van der Waals surface area contributed by atoms with Gasteiger partial charge in [0, 0.05) is 18.9 Å². The Kier molecular flexibility index (Phi) is 4.22. The van der Waals surface area contributed by atoms with Gasteiger partial charge in [0.15, 0.2) is 10.9 Å². The molecule has 0 bridgehead atoms. The third kappa shape index (κ3) is 3.02. The van der Waals surface area contributed by atoms with Crippen LogP contribution in [0.2, 0.25) is 5.02 Å². The normalized spacial score (nSPS) is 10.3. The fraction of sp³-hybridized carbons (Fsp3) is 0.182. The van der Waals surface area contributed by atoms with E-state index in [0.717, 1.165) is 5.56 Å². The molecule has 0 unspecified atom stereocenters. The number of amides is 1. The Hall–Kier alpha value is -1.53. The molecule has 0 radical (unpaired) electrons. The molecule has 5 nitrogen and oxygen atoms in total. The van der Waals surface area contributed by atoms with Crippen LogP contribution in [0.15, 0.2) is 29.8 Å². The van der Waals surface area contributed by atoms with E-state index in [1.165, 1.54) is 18.0 Å². The van der Waals surface area contributed by atoms with Gasteiger partial charge < -0.3 is 10.3 Å². The van der Waals surface area contributed by atoms with Crippen LogP contribution < -0.4 is 5.32 Å². The van der Waals surface area contributed by atoms with Gasteiger partial charge >= 0.3 is 0 Å². The average molecular weight is 283 g/mol. The number of hydrogen-bond donors (Lipinski definition) is 2. The van der Waals surface area contributed by atoms with E-state index in [1.807, 2.05) is 18.5 Å². The minimum absolute atomic E-state index is 0.201. The first-order chi connectivity index (χ1) is 8.70. The number of aromatic amines is 1. The van der Waals surface area contributed by atoms with Crippen molar-refractivity contribution >= 4 is 29.3 Å². The number of carbonyl (C=O) groups is 1. The van der Waals surface area contributed by atoms with Crippen LogP contribution in [0.5, 0.6) is 0 Å². The Morgan fingerprint density at radius 2 is 2.44 bits per heavy atom. The fourth-order valence-corrected chi connectivity index (χ4v) is 1.86. The van der Waals surface area contributed by atoms with Gasteiger partial charge in [-0.2, -0.15) is 0 Å². The smallest absolute Gasteiger partial charge is 0.271 e. The van der Waals surface area contributed by atoms with Crippen LogP contribution in [0.1, 0.15) is 16.1 Å². The van der Waals surface area contributed by atoms with Gasteiger partial charge in [0.05, 0.1) is 11.2 Å². The SMILES string of the molecule is CSc1ncc(Cl)c(C(=O)NCc2cc[nH]c2)n1. The van der Waals surface area contributed by atoms with Crippen molar-refractivity contribution in [2.45, 2.75) is 11.7 Å². The van der Waals surface area contributed by atoms with Gasteiger partial charge in [-0.3, -0.25) is 4.79 Å². The molecule has 0 aliphatic carbocycles. The molecule has 0 aromatic carbocycles. The number of carbonyl (C=O) groups excluding carboxylic acids is 1. The van der Waals surface area contributed by atoms with Crippen molar-refractivity contribution in [1.29, 1.82) is 0 Å². The van der Waals surface area contributed by atoms with Crippen molar-refractivity contribution in [2.75, 3.05) is 6.26 Å². The first-order valence-corrected chi connectivity index (χ1v) is 6.77. The highest BCUT2D eigenvalue weighted by molar-refractivity contribution is 7.98. The molecular formula is C11H11ClN4OS. The molecule has 18 heavy (non-hydrogen) atoms. The molecule has 2 aromatic rings. The highest BCUT2D eigenvalue weighted by atomic mass is 35.5. The maximum atomic E-state index is 11.9. The van der Waals surface area contributed by atoms with Crippen molar-refractivity contribution in [3.8, 4) is 0 Å². The van der Waals surface area contributed by atoms with Gasteiger partial charge in [-0.25, -0.2) is 9.97 Å². The lowest BCUT2D eigenvalue weighted by atomic mass is 10.3. The second-order valence-corrected chi connectivity index (χ2v) is 4.64. The molecule has 0 saturated carbocycles.